The predicted molar refractivity (Wildman–Crippen MR) is 73.4 cm³/mol. The lowest BCUT2D eigenvalue weighted by Crippen LogP contribution is -2.08. The van der Waals surface area contributed by atoms with Crippen molar-refractivity contribution in [1.82, 2.24) is 4.98 Å². The van der Waals surface area contributed by atoms with Crippen molar-refractivity contribution in [2.24, 2.45) is 0 Å². The number of pyridine rings is 1. The first-order chi connectivity index (χ1) is 9.99. The van der Waals surface area contributed by atoms with E-state index in [1.54, 1.807) is 12.1 Å². The Morgan fingerprint density at radius 3 is 2.62 bits per heavy atom. The predicted octanol–water partition coefficient (Wildman–Crippen LogP) is 3.50. The van der Waals surface area contributed by atoms with Crippen LogP contribution < -0.4 is 9.47 Å². The van der Waals surface area contributed by atoms with Crippen LogP contribution in [0.25, 0.3) is 0 Å². The maximum Gasteiger partial charge on any atom is 0.342 e. The molecule has 0 saturated heterocycles. The van der Waals surface area contributed by atoms with Crippen molar-refractivity contribution in [3.63, 3.8) is 0 Å². The normalized spacial score (nSPS) is 10.5. The van der Waals surface area contributed by atoms with Crippen molar-refractivity contribution >= 4 is 5.97 Å². The lowest BCUT2D eigenvalue weighted by Gasteiger charge is -2.14. The highest BCUT2D eigenvalue weighted by Gasteiger charge is 2.19. The molecule has 0 bridgehead atoms. The van der Waals surface area contributed by atoms with Crippen LogP contribution in [-0.2, 0) is 0 Å². The molecule has 1 aromatic heterocycles. The molecule has 110 valence electrons. The van der Waals surface area contributed by atoms with Gasteiger partial charge in [0.25, 0.3) is 5.88 Å². The number of aromatic nitrogens is 1. The van der Waals surface area contributed by atoms with Gasteiger partial charge >= 0.3 is 5.97 Å². The Morgan fingerprint density at radius 2 is 1.95 bits per heavy atom. The molecular weight excluding hydrogens is 277 g/mol. The molecular formula is C15H14FNO4. The summed E-state index contributed by atoms with van der Waals surface area (Å²) in [6.07, 6.45) is 1.37. The van der Waals surface area contributed by atoms with Gasteiger partial charge in [-0.1, -0.05) is 6.07 Å². The number of carboxylic acid groups (broad SMARTS) is 1. The Labute approximate surface area is 121 Å². The van der Waals surface area contributed by atoms with E-state index in [2.05, 4.69) is 4.98 Å². The van der Waals surface area contributed by atoms with Crippen LogP contribution in [-0.4, -0.2) is 22.2 Å². The van der Waals surface area contributed by atoms with E-state index in [1.165, 1.54) is 18.3 Å². The van der Waals surface area contributed by atoms with E-state index < -0.39 is 17.3 Å². The summed E-state index contributed by atoms with van der Waals surface area (Å²) in [5, 5.41) is 9.07. The van der Waals surface area contributed by atoms with Gasteiger partial charge in [0.05, 0.1) is 6.10 Å². The standard InChI is InChI=1S/C15H14FNO4/c1-9(2)20-12-7-4-8-17-14(12)21-11-6-3-5-10(16)13(11)15(18)19/h3-9H,1-2H3,(H,18,19). The Morgan fingerprint density at radius 1 is 1.24 bits per heavy atom. The zero-order valence-electron chi connectivity index (χ0n) is 11.5. The first-order valence-electron chi connectivity index (χ1n) is 6.30. The van der Waals surface area contributed by atoms with Gasteiger partial charge in [-0.2, -0.15) is 0 Å². The van der Waals surface area contributed by atoms with E-state index in [1.807, 2.05) is 13.8 Å². The summed E-state index contributed by atoms with van der Waals surface area (Å²) in [5.74, 6) is -1.98. The number of carboxylic acids is 1. The Bertz CT molecular complexity index is 658. The number of ether oxygens (including phenoxy) is 2. The molecule has 1 heterocycles. The molecule has 21 heavy (non-hydrogen) atoms. The number of rotatable bonds is 5. The van der Waals surface area contributed by atoms with Crippen LogP contribution in [0.2, 0.25) is 0 Å². The average Bonchev–Trinajstić information content (AvgIpc) is 2.40. The highest BCUT2D eigenvalue weighted by Crippen LogP contribution is 2.32. The smallest absolute Gasteiger partial charge is 0.342 e. The molecule has 0 amide bonds. The highest BCUT2D eigenvalue weighted by molar-refractivity contribution is 5.91. The third-order valence-electron chi connectivity index (χ3n) is 2.49. The monoisotopic (exact) mass is 291 g/mol. The van der Waals surface area contributed by atoms with Crippen LogP contribution in [0.4, 0.5) is 4.39 Å². The number of carbonyl (C=O) groups is 1. The first-order valence-corrected chi connectivity index (χ1v) is 6.30. The zero-order valence-corrected chi connectivity index (χ0v) is 11.5. The summed E-state index contributed by atoms with van der Waals surface area (Å²) in [7, 11) is 0. The maximum atomic E-state index is 13.6. The van der Waals surface area contributed by atoms with Gasteiger partial charge in [-0.15, -0.1) is 0 Å². The van der Waals surface area contributed by atoms with Crippen LogP contribution in [0.1, 0.15) is 24.2 Å². The second kappa shape index (κ2) is 6.21. The fraction of sp³-hybridized carbons (Fsp3) is 0.200. The van der Waals surface area contributed by atoms with E-state index in [0.29, 0.717) is 5.75 Å². The third-order valence-corrected chi connectivity index (χ3v) is 2.49. The molecule has 0 radical (unpaired) electrons. The van der Waals surface area contributed by atoms with E-state index in [9.17, 15) is 9.18 Å². The van der Waals surface area contributed by atoms with E-state index >= 15 is 0 Å². The quantitative estimate of drug-likeness (QED) is 0.913. The first kappa shape index (κ1) is 14.8. The largest absolute Gasteiger partial charge is 0.485 e. The van der Waals surface area contributed by atoms with E-state index in [-0.39, 0.29) is 17.7 Å². The summed E-state index contributed by atoms with van der Waals surface area (Å²) >= 11 is 0. The molecule has 0 aliphatic carbocycles. The van der Waals surface area contributed by atoms with E-state index in [0.717, 1.165) is 6.07 Å². The van der Waals surface area contributed by atoms with E-state index in [4.69, 9.17) is 14.6 Å². The van der Waals surface area contributed by atoms with Crippen LogP contribution in [0.3, 0.4) is 0 Å². The minimum absolute atomic E-state index is 0.0827. The van der Waals surface area contributed by atoms with Crippen LogP contribution >= 0.6 is 0 Å². The summed E-state index contributed by atoms with van der Waals surface area (Å²) in [4.78, 5) is 15.1. The number of benzene rings is 1. The lowest BCUT2D eigenvalue weighted by atomic mass is 10.2. The second-order valence-electron chi connectivity index (χ2n) is 4.49. The maximum absolute atomic E-state index is 13.6. The molecule has 0 fully saturated rings. The number of aromatic carboxylic acids is 1. The van der Waals surface area contributed by atoms with Gasteiger partial charge in [0, 0.05) is 6.20 Å². The summed E-state index contributed by atoms with van der Waals surface area (Å²) in [5.41, 5.74) is -0.543. The van der Waals surface area contributed by atoms with Crippen molar-refractivity contribution in [2.75, 3.05) is 0 Å². The number of hydrogen-bond donors (Lipinski definition) is 1. The lowest BCUT2D eigenvalue weighted by molar-refractivity contribution is 0.0688. The van der Waals surface area contributed by atoms with Crippen molar-refractivity contribution in [3.05, 3.63) is 47.9 Å². The van der Waals surface area contributed by atoms with Crippen LogP contribution in [0, 0.1) is 5.82 Å². The molecule has 1 aromatic carbocycles. The van der Waals surface area contributed by atoms with Crippen molar-refractivity contribution in [1.29, 1.82) is 0 Å². The Balaban J connectivity index is 2.39. The number of halogens is 1. The van der Waals surface area contributed by atoms with Crippen LogP contribution in [0.15, 0.2) is 36.5 Å². The molecule has 0 unspecified atom stereocenters. The molecule has 0 aliphatic heterocycles. The van der Waals surface area contributed by atoms with Gasteiger partial charge in [-0.25, -0.2) is 14.2 Å². The SMILES string of the molecule is CC(C)Oc1cccnc1Oc1cccc(F)c1C(=O)O. The molecule has 0 saturated carbocycles. The molecule has 1 N–H and O–H groups in total. The van der Waals surface area contributed by atoms with Gasteiger partial charge in [0.1, 0.15) is 17.1 Å². The third kappa shape index (κ3) is 3.47. The van der Waals surface area contributed by atoms with Crippen molar-refractivity contribution < 1.29 is 23.8 Å². The van der Waals surface area contributed by atoms with Crippen molar-refractivity contribution in [2.45, 2.75) is 20.0 Å². The Kier molecular flexibility index (Phi) is 4.37. The summed E-state index contributed by atoms with van der Waals surface area (Å²) in [6, 6.07) is 7.08. The van der Waals surface area contributed by atoms with Crippen molar-refractivity contribution in [3.8, 4) is 17.4 Å². The minimum Gasteiger partial charge on any atom is -0.485 e. The zero-order chi connectivity index (χ0) is 15.4. The summed E-state index contributed by atoms with van der Waals surface area (Å²) in [6.45, 7) is 3.67. The molecule has 0 atom stereocenters. The minimum atomic E-state index is -1.41. The molecule has 2 rings (SSSR count). The summed E-state index contributed by atoms with van der Waals surface area (Å²) < 4.78 is 24.5. The molecule has 6 heteroatoms. The fourth-order valence-corrected chi connectivity index (χ4v) is 1.70. The molecule has 5 nitrogen and oxygen atoms in total. The van der Waals surface area contributed by atoms with Gasteiger partial charge in [0.15, 0.2) is 5.75 Å². The molecule has 2 aromatic rings. The topological polar surface area (TPSA) is 68.7 Å². The molecule has 0 spiro atoms. The van der Waals surface area contributed by atoms with Gasteiger partial charge < -0.3 is 14.6 Å². The van der Waals surface area contributed by atoms with Gasteiger partial charge in [-0.05, 0) is 38.1 Å². The van der Waals surface area contributed by atoms with Gasteiger partial charge in [0.2, 0.25) is 0 Å². The Hall–Kier alpha value is -2.63. The average molecular weight is 291 g/mol. The highest BCUT2D eigenvalue weighted by atomic mass is 19.1. The molecule has 0 aliphatic rings. The fourth-order valence-electron chi connectivity index (χ4n) is 1.70. The second-order valence-corrected chi connectivity index (χ2v) is 4.49. The number of hydrogen-bond acceptors (Lipinski definition) is 4. The van der Waals surface area contributed by atoms with Crippen LogP contribution in [0.5, 0.6) is 17.4 Å². The van der Waals surface area contributed by atoms with Gasteiger partial charge in [-0.3, -0.25) is 0 Å². The number of nitrogens with zero attached hydrogens (tertiary/aromatic N) is 1.